The summed E-state index contributed by atoms with van der Waals surface area (Å²) in [5.41, 5.74) is 2.29. The summed E-state index contributed by atoms with van der Waals surface area (Å²) in [7, 11) is 0. The summed E-state index contributed by atoms with van der Waals surface area (Å²) in [6.45, 7) is -0.351. The van der Waals surface area contributed by atoms with Crippen molar-refractivity contribution in [2.75, 3.05) is 6.61 Å². The van der Waals surface area contributed by atoms with Crippen LogP contribution < -0.4 is 5.32 Å². The fourth-order valence-corrected chi connectivity index (χ4v) is 3.13. The minimum Gasteiger partial charge on any atom is -0.452 e. The minimum atomic E-state index is -0.548. The maximum Gasteiger partial charge on any atom is 0.339 e. The Balaban J connectivity index is 1.68. The van der Waals surface area contributed by atoms with Gasteiger partial charge in [0.25, 0.3) is 5.91 Å². The lowest BCUT2D eigenvalue weighted by Gasteiger charge is -2.20. The van der Waals surface area contributed by atoms with Gasteiger partial charge >= 0.3 is 5.97 Å². The van der Waals surface area contributed by atoms with E-state index in [2.05, 4.69) is 21.2 Å². The molecule has 0 aromatic heterocycles. The van der Waals surface area contributed by atoms with Crippen molar-refractivity contribution in [3.63, 3.8) is 0 Å². The second-order valence-electron chi connectivity index (χ2n) is 5.88. The van der Waals surface area contributed by atoms with Crippen LogP contribution in [0.5, 0.6) is 0 Å². The van der Waals surface area contributed by atoms with Gasteiger partial charge in [-0.3, -0.25) is 4.79 Å². The van der Waals surface area contributed by atoms with Gasteiger partial charge in [0, 0.05) is 4.47 Å². The van der Waals surface area contributed by atoms with Crippen molar-refractivity contribution in [1.82, 2.24) is 5.32 Å². The first kappa shape index (κ1) is 18.9. The van der Waals surface area contributed by atoms with Crippen LogP contribution in [0, 0.1) is 0 Å². The summed E-state index contributed by atoms with van der Waals surface area (Å²) >= 11 is 3.30. The molecule has 0 bridgehead atoms. The molecule has 1 N–H and O–H groups in total. The fourth-order valence-electron chi connectivity index (χ4n) is 2.69. The molecule has 0 saturated heterocycles. The van der Waals surface area contributed by atoms with Crippen LogP contribution in [-0.4, -0.2) is 18.5 Å². The average molecular weight is 424 g/mol. The van der Waals surface area contributed by atoms with Crippen LogP contribution >= 0.6 is 15.9 Å². The van der Waals surface area contributed by atoms with Gasteiger partial charge in [0.15, 0.2) is 6.61 Å². The molecular weight excluding hydrogens is 406 g/mol. The van der Waals surface area contributed by atoms with E-state index in [9.17, 15) is 9.59 Å². The highest BCUT2D eigenvalue weighted by molar-refractivity contribution is 9.10. The molecular formula is C22H18BrNO3. The van der Waals surface area contributed by atoms with Gasteiger partial charge in [-0.2, -0.15) is 0 Å². The van der Waals surface area contributed by atoms with Crippen LogP contribution in [-0.2, 0) is 9.53 Å². The number of esters is 1. The van der Waals surface area contributed by atoms with Crippen LogP contribution in [0.3, 0.4) is 0 Å². The Labute approximate surface area is 166 Å². The number of carbonyl (C=O) groups excluding carboxylic acids is 2. The third kappa shape index (κ3) is 5.05. The van der Waals surface area contributed by atoms with Gasteiger partial charge in [-0.15, -0.1) is 0 Å². The van der Waals surface area contributed by atoms with Gasteiger partial charge in [-0.1, -0.05) is 72.8 Å². The highest BCUT2D eigenvalue weighted by Crippen LogP contribution is 2.22. The minimum absolute atomic E-state index is 0.318. The SMILES string of the molecule is O=C(COC(=O)c1ccccc1Br)NC(c1ccccc1)c1ccccc1. The van der Waals surface area contributed by atoms with Gasteiger partial charge in [0.1, 0.15) is 0 Å². The molecule has 0 spiro atoms. The lowest BCUT2D eigenvalue weighted by atomic mass is 9.99. The zero-order valence-corrected chi connectivity index (χ0v) is 16.1. The number of benzene rings is 3. The van der Waals surface area contributed by atoms with E-state index in [0.717, 1.165) is 11.1 Å². The second kappa shape index (κ2) is 9.14. The Kier molecular flexibility index (Phi) is 6.39. The first-order valence-electron chi connectivity index (χ1n) is 8.46. The molecule has 3 rings (SSSR count). The van der Waals surface area contributed by atoms with Gasteiger partial charge in [-0.25, -0.2) is 4.79 Å². The number of ether oxygens (including phenoxy) is 1. The van der Waals surface area contributed by atoms with Gasteiger partial charge in [0.05, 0.1) is 11.6 Å². The van der Waals surface area contributed by atoms with E-state index in [0.29, 0.717) is 10.0 Å². The van der Waals surface area contributed by atoms with E-state index in [4.69, 9.17) is 4.74 Å². The molecule has 0 unspecified atom stereocenters. The van der Waals surface area contributed by atoms with Crippen LogP contribution in [0.1, 0.15) is 27.5 Å². The van der Waals surface area contributed by atoms with Crippen molar-refractivity contribution in [2.24, 2.45) is 0 Å². The number of carbonyl (C=O) groups is 2. The molecule has 4 nitrogen and oxygen atoms in total. The molecule has 1 amide bonds. The van der Waals surface area contributed by atoms with Crippen molar-refractivity contribution >= 4 is 27.8 Å². The standard InChI is InChI=1S/C22H18BrNO3/c23-19-14-8-7-13-18(19)22(26)27-15-20(25)24-21(16-9-3-1-4-10-16)17-11-5-2-6-12-17/h1-14,21H,15H2,(H,24,25). The Morgan fingerprint density at radius 2 is 1.33 bits per heavy atom. The highest BCUT2D eigenvalue weighted by atomic mass is 79.9. The largest absolute Gasteiger partial charge is 0.452 e. The van der Waals surface area contributed by atoms with Crippen LogP contribution in [0.4, 0.5) is 0 Å². The Morgan fingerprint density at radius 1 is 0.815 bits per heavy atom. The van der Waals surface area contributed by atoms with Gasteiger partial charge < -0.3 is 10.1 Å². The Hall–Kier alpha value is -2.92. The topological polar surface area (TPSA) is 55.4 Å². The first-order chi connectivity index (χ1) is 13.1. The molecule has 0 aliphatic carbocycles. The number of amides is 1. The van der Waals surface area contributed by atoms with Gasteiger partial charge in [-0.05, 0) is 39.2 Å². The molecule has 0 aliphatic heterocycles. The van der Waals surface area contributed by atoms with Gasteiger partial charge in [0.2, 0.25) is 0 Å². The molecule has 27 heavy (non-hydrogen) atoms. The molecule has 0 heterocycles. The van der Waals surface area contributed by atoms with Crippen LogP contribution in [0.25, 0.3) is 0 Å². The molecule has 136 valence electrons. The zero-order chi connectivity index (χ0) is 19.1. The van der Waals surface area contributed by atoms with Crippen LogP contribution in [0.15, 0.2) is 89.4 Å². The number of hydrogen-bond acceptors (Lipinski definition) is 3. The monoisotopic (exact) mass is 423 g/mol. The zero-order valence-electron chi connectivity index (χ0n) is 14.5. The molecule has 3 aromatic carbocycles. The summed E-state index contributed by atoms with van der Waals surface area (Å²) in [5, 5.41) is 2.94. The Morgan fingerprint density at radius 3 is 1.89 bits per heavy atom. The van der Waals surface area contributed by atoms with E-state index in [-0.39, 0.29) is 18.6 Å². The molecule has 0 radical (unpaired) electrons. The number of rotatable bonds is 6. The smallest absolute Gasteiger partial charge is 0.339 e. The summed E-state index contributed by atoms with van der Waals surface area (Å²) in [4.78, 5) is 24.6. The predicted octanol–water partition coefficient (Wildman–Crippen LogP) is 4.51. The van der Waals surface area contributed by atoms with E-state index < -0.39 is 5.97 Å². The summed E-state index contributed by atoms with van der Waals surface area (Å²) in [5.74, 6) is -0.915. The predicted molar refractivity (Wildman–Crippen MR) is 107 cm³/mol. The maximum absolute atomic E-state index is 12.4. The van der Waals surface area contributed by atoms with Crippen LogP contribution in [0.2, 0.25) is 0 Å². The molecule has 5 heteroatoms. The van der Waals surface area contributed by atoms with E-state index in [1.165, 1.54) is 0 Å². The first-order valence-corrected chi connectivity index (χ1v) is 9.25. The third-order valence-electron chi connectivity index (χ3n) is 4.00. The van der Waals surface area contributed by atoms with Crippen molar-refractivity contribution < 1.29 is 14.3 Å². The van der Waals surface area contributed by atoms with Crippen molar-refractivity contribution in [3.05, 3.63) is 106 Å². The van der Waals surface area contributed by atoms with E-state index in [1.807, 2.05) is 60.7 Å². The highest BCUT2D eigenvalue weighted by Gasteiger charge is 2.18. The fraction of sp³-hybridized carbons (Fsp3) is 0.0909. The van der Waals surface area contributed by atoms with Crippen molar-refractivity contribution in [1.29, 1.82) is 0 Å². The second-order valence-corrected chi connectivity index (χ2v) is 6.73. The number of nitrogens with one attached hydrogen (secondary N) is 1. The molecule has 0 fully saturated rings. The molecule has 0 atom stereocenters. The lowest BCUT2D eigenvalue weighted by Crippen LogP contribution is -2.33. The van der Waals surface area contributed by atoms with E-state index in [1.54, 1.807) is 24.3 Å². The maximum atomic E-state index is 12.4. The summed E-state index contributed by atoms with van der Waals surface area (Å²) < 4.78 is 5.79. The summed E-state index contributed by atoms with van der Waals surface area (Å²) in [6, 6.07) is 25.9. The third-order valence-corrected chi connectivity index (χ3v) is 4.69. The quantitative estimate of drug-likeness (QED) is 0.593. The summed E-state index contributed by atoms with van der Waals surface area (Å²) in [6.07, 6.45) is 0. The normalized spacial score (nSPS) is 10.4. The number of hydrogen-bond donors (Lipinski definition) is 1. The Bertz CT molecular complexity index is 874. The molecule has 0 aliphatic rings. The average Bonchev–Trinajstić information content (AvgIpc) is 2.72. The van der Waals surface area contributed by atoms with Crippen molar-refractivity contribution in [3.8, 4) is 0 Å². The lowest BCUT2D eigenvalue weighted by molar-refractivity contribution is -0.124. The van der Waals surface area contributed by atoms with Crippen molar-refractivity contribution in [2.45, 2.75) is 6.04 Å². The molecule has 0 saturated carbocycles. The van der Waals surface area contributed by atoms with E-state index >= 15 is 0 Å². The molecule has 3 aromatic rings. The number of halogens is 1.